The number of ether oxygens (including phenoxy) is 1. The quantitative estimate of drug-likeness (QED) is 0.510. The molecule has 0 saturated carbocycles. The van der Waals surface area contributed by atoms with E-state index in [1.165, 1.54) is 11.3 Å². The van der Waals surface area contributed by atoms with Crippen molar-refractivity contribution >= 4 is 17.8 Å². The molecule has 0 fully saturated rings. The van der Waals surface area contributed by atoms with Gasteiger partial charge in [-0.05, 0) is 62.1 Å². The largest absolute Gasteiger partial charge is 0.497 e. The van der Waals surface area contributed by atoms with Crippen LogP contribution in [0.15, 0.2) is 53.6 Å². The monoisotopic (exact) mass is 367 g/mol. The molecule has 0 atom stereocenters. The van der Waals surface area contributed by atoms with Crippen molar-refractivity contribution in [2.75, 3.05) is 25.1 Å². The zero-order valence-electron chi connectivity index (χ0n) is 16.4. The second-order valence-corrected chi connectivity index (χ2v) is 6.26. The van der Waals surface area contributed by atoms with Crippen LogP contribution in [0.25, 0.3) is 0 Å². The Labute approximate surface area is 162 Å². The maximum atomic E-state index is 11.9. The number of benzene rings is 2. The zero-order valence-corrected chi connectivity index (χ0v) is 16.4. The molecule has 2 aromatic rings. The highest BCUT2D eigenvalue weighted by Gasteiger charge is 2.02. The smallest absolute Gasteiger partial charge is 0.240 e. The highest BCUT2D eigenvalue weighted by molar-refractivity contribution is 5.82. The minimum atomic E-state index is -0.0699. The Balaban J connectivity index is 1.72. The van der Waals surface area contributed by atoms with Crippen LogP contribution in [0.4, 0.5) is 5.69 Å². The molecule has 0 aliphatic carbocycles. The average Bonchev–Trinajstić information content (AvgIpc) is 2.70. The van der Waals surface area contributed by atoms with Gasteiger partial charge in [-0.15, -0.1) is 0 Å². The predicted molar refractivity (Wildman–Crippen MR) is 112 cm³/mol. The van der Waals surface area contributed by atoms with E-state index >= 15 is 0 Å². The molecule has 1 amide bonds. The summed E-state index contributed by atoms with van der Waals surface area (Å²) in [5, 5.41) is 4.05. The lowest BCUT2D eigenvalue weighted by Crippen LogP contribution is -2.21. The fourth-order valence-corrected chi connectivity index (χ4v) is 2.84. The van der Waals surface area contributed by atoms with E-state index in [-0.39, 0.29) is 5.91 Å². The number of rotatable bonds is 10. The van der Waals surface area contributed by atoms with Crippen molar-refractivity contribution in [3.8, 4) is 5.75 Å². The lowest BCUT2D eigenvalue weighted by molar-refractivity contribution is -0.121. The molecular formula is C22H29N3O2. The van der Waals surface area contributed by atoms with E-state index in [4.69, 9.17) is 4.74 Å². The van der Waals surface area contributed by atoms with Crippen LogP contribution >= 0.6 is 0 Å². The van der Waals surface area contributed by atoms with Crippen molar-refractivity contribution < 1.29 is 9.53 Å². The van der Waals surface area contributed by atoms with Crippen LogP contribution < -0.4 is 15.1 Å². The third-order valence-electron chi connectivity index (χ3n) is 4.45. The second-order valence-electron chi connectivity index (χ2n) is 6.26. The summed E-state index contributed by atoms with van der Waals surface area (Å²) < 4.78 is 5.14. The van der Waals surface area contributed by atoms with E-state index in [1.807, 2.05) is 36.4 Å². The summed E-state index contributed by atoms with van der Waals surface area (Å²) in [6, 6.07) is 16.1. The number of methoxy groups -OCH3 is 1. The number of anilines is 1. The number of amides is 1. The lowest BCUT2D eigenvalue weighted by atomic mass is 10.1. The first-order valence-corrected chi connectivity index (χ1v) is 9.46. The van der Waals surface area contributed by atoms with E-state index in [0.717, 1.165) is 37.2 Å². The number of carbonyl (C=O) groups excluding carboxylic acids is 1. The Bertz CT molecular complexity index is 720. The Morgan fingerprint density at radius 3 is 2.33 bits per heavy atom. The summed E-state index contributed by atoms with van der Waals surface area (Å²) in [6.45, 7) is 6.25. The first-order chi connectivity index (χ1) is 13.2. The van der Waals surface area contributed by atoms with Gasteiger partial charge in [-0.3, -0.25) is 4.79 Å². The summed E-state index contributed by atoms with van der Waals surface area (Å²) >= 11 is 0. The third kappa shape index (κ3) is 6.77. The number of hydrogen-bond donors (Lipinski definition) is 1. The number of aryl methyl sites for hydroxylation is 1. The molecule has 0 saturated heterocycles. The van der Waals surface area contributed by atoms with Gasteiger partial charge in [0.15, 0.2) is 0 Å². The maximum Gasteiger partial charge on any atom is 0.240 e. The molecule has 27 heavy (non-hydrogen) atoms. The number of hydrogen-bond acceptors (Lipinski definition) is 4. The Morgan fingerprint density at radius 1 is 1.07 bits per heavy atom. The summed E-state index contributed by atoms with van der Waals surface area (Å²) in [7, 11) is 1.65. The normalized spacial score (nSPS) is 10.8. The molecule has 0 spiro atoms. The van der Waals surface area contributed by atoms with Gasteiger partial charge in [0.25, 0.3) is 0 Å². The van der Waals surface area contributed by atoms with E-state index in [2.05, 4.69) is 41.4 Å². The Morgan fingerprint density at radius 2 is 1.74 bits per heavy atom. The van der Waals surface area contributed by atoms with Gasteiger partial charge >= 0.3 is 0 Å². The predicted octanol–water partition coefficient (Wildman–Crippen LogP) is 4.01. The summed E-state index contributed by atoms with van der Waals surface area (Å²) in [5.74, 6) is 0.774. The van der Waals surface area contributed by atoms with Crippen molar-refractivity contribution in [2.45, 2.75) is 33.1 Å². The van der Waals surface area contributed by atoms with E-state index in [1.54, 1.807) is 13.3 Å². The van der Waals surface area contributed by atoms with Crippen LogP contribution in [0.3, 0.4) is 0 Å². The van der Waals surface area contributed by atoms with Gasteiger partial charge in [-0.1, -0.05) is 24.3 Å². The number of nitrogens with zero attached hydrogens (tertiary/aromatic N) is 2. The Kier molecular flexibility index (Phi) is 8.36. The van der Waals surface area contributed by atoms with E-state index in [9.17, 15) is 4.79 Å². The second kappa shape index (κ2) is 11.0. The standard InChI is InChI=1S/C22H29N3O2/c1-4-25(5-2)20-13-9-19(10-14-20)17-23-24-22(26)8-6-7-18-11-15-21(27-3)16-12-18/h9-17H,4-8H2,1-3H3,(H,24,26). The van der Waals surface area contributed by atoms with Crippen molar-refractivity contribution in [2.24, 2.45) is 5.10 Å². The first-order valence-electron chi connectivity index (χ1n) is 9.46. The molecule has 0 unspecified atom stereocenters. The SMILES string of the molecule is CCN(CC)c1ccc(C=NNC(=O)CCCc2ccc(OC)cc2)cc1. The van der Waals surface area contributed by atoms with Crippen LogP contribution in [0.5, 0.6) is 5.75 Å². The third-order valence-corrected chi connectivity index (χ3v) is 4.45. The number of hydrazone groups is 1. The van der Waals surface area contributed by atoms with Crippen molar-refractivity contribution in [3.05, 3.63) is 59.7 Å². The molecule has 0 bridgehead atoms. The molecule has 0 heterocycles. The van der Waals surface area contributed by atoms with Crippen LogP contribution in [-0.4, -0.2) is 32.3 Å². The number of nitrogens with one attached hydrogen (secondary N) is 1. The molecular weight excluding hydrogens is 338 g/mol. The molecule has 0 aromatic heterocycles. The van der Waals surface area contributed by atoms with Crippen molar-refractivity contribution in [1.82, 2.24) is 5.43 Å². The molecule has 0 aliphatic rings. The molecule has 5 nitrogen and oxygen atoms in total. The first kappa shape index (κ1) is 20.5. The molecule has 0 aliphatic heterocycles. The van der Waals surface area contributed by atoms with Crippen LogP contribution in [0.1, 0.15) is 37.8 Å². The van der Waals surface area contributed by atoms with Gasteiger partial charge in [0.1, 0.15) is 5.75 Å². The lowest BCUT2D eigenvalue weighted by Gasteiger charge is -2.20. The molecule has 2 aromatic carbocycles. The summed E-state index contributed by atoms with van der Waals surface area (Å²) in [5.41, 5.74) is 5.95. The minimum Gasteiger partial charge on any atom is -0.497 e. The van der Waals surface area contributed by atoms with Gasteiger partial charge in [0.2, 0.25) is 5.91 Å². The summed E-state index contributed by atoms with van der Waals surface area (Å²) in [6.07, 6.45) is 3.76. The maximum absolute atomic E-state index is 11.9. The highest BCUT2D eigenvalue weighted by atomic mass is 16.5. The highest BCUT2D eigenvalue weighted by Crippen LogP contribution is 2.14. The molecule has 144 valence electrons. The van der Waals surface area contributed by atoms with Gasteiger partial charge in [0.05, 0.1) is 13.3 Å². The van der Waals surface area contributed by atoms with Crippen LogP contribution in [0.2, 0.25) is 0 Å². The zero-order chi connectivity index (χ0) is 19.5. The van der Waals surface area contributed by atoms with Gasteiger partial charge in [0, 0.05) is 25.2 Å². The van der Waals surface area contributed by atoms with Crippen LogP contribution in [0, 0.1) is 0 Å². The van der Waals surface area contributed by atoms with E-state index < -0.39 is 0 Å². The summed E-state index contributed by atoms with van der Waals surface area (Å²) in [4.78, 5) is 14.2. The average molecular weight is 367 g/mol. The number of carbonyl (C=O) groups is 1. The minimum absolute atomic E-state index is 0.0699. The Hall–Kier alpha value is -2.82. The topological polar surface area (TPSA) is 53.9 Å². The molecule has 1 N–H and O–H groups in total. The van der Waals surface area contributed by atoms with Crippen molar-refractivity contribution in [1.29, 1.82) is 0 Å². The van der Waals surface area contributed by atoms with Gasteiger partial charge < -0.3 is 9.64 Å². The van der Waals surface area contributed by atoms with Crippen LogP contribution in [-0.2, 0) is 11.2 Å². The van der Waals surface area contributed by atoms with E-state index in [0.29, 0.717) is 6.42 Å². The molecule has 2 rings (SSSR count). The van der Waals surface area contributed by atoms with Crippen molar-refractivity contribution in [3.63, 3.8) is 0 Å². The fraction of sp³-hybridized carbons (Fsp3) is 0.364. The molecule has 5 heteroatoms. The van der Waals surface area contributed by atoms with Gasteiger partial charge in [-0.25, -0.2) is 5.43 Å². The van der Waals surface area contributed by atoms with Gasteiger partial charge in [-0.2, -0.15) is 5.10 Å². The molecule has 0 radical (unpaired) electrons. The fourth-order valence-electron chi connectivity index (χ4n) is 2.84.